The lowest BCUT2D eigenvalue weighted by atomic mass is 9.90. The molecule has 0 radical (unpaired) electrons. The van der Waals surface area contributed by atoms with Gasteiger partial charge in [0.25, 0.3) is 0 Å². The highest BCUT2D eigenvalue weighted by Crippen LogP contribution is 2.42. The highest BCUT2D eigenvalue weighted by atomic mass is 32.2. The topological polar surface area (TPSA) is 146 Å². The Kier molecular flexibility index (Phi) is 5.07. The van der Waals surface area contributed by atoms with Crippen LogP contribution in [0.4, 0.5) is 10.5 Å². The Labute approximate surface area is 185 Å². The Hall–Kier alpha value is -3.08. The molecule has 5 rings (SSSR count). The van der Waals surface area contributed by atoms with Crippen LogP contribution in [0.15, 0.2) is 11.1 Å². The molecule has 4 N–H and O–H groups in total. The molecule has 2 amide bonds. The lowest BCUT2D eigenvalue weighted by Gasteiger charge is -2.21. The normalized spacial score (nSPS) is 18.1. The summed E-state index contributed by atoms with van der Waals surface area (Å²) in [6.07, 6.45) is 6.96. The van der Waals surface area contributed by atoms with E-state index in [2.05, 4.69) is 15.1 Å². The van der Waals surface area contributed by atoms with Gasteiger partial charge in [-0.1, -0.05) is 0 Å². The lowest BCUT2D eigenvalue weighted by Crippen LogP contribution is -2.34. The molecule has 1 aromatic carbocycles. The molecule has 170 valence electrons. The monoisotopic (exact) mass is 459 g/mol. The number of carbonyl (C=O) groups is 2. The Morgan fingerprint density at radius 1 is 1.12 bits per heavy atom. The fourth-order valence-corrected chi connectivity index (χ4v) is 6.18. The third-order valence-corrected chi connectivity index (χ3v) is 7.77. The molecule has 1 aromatic heterocycles. The maximum absolute atomic E-state index is 13.1. The Morgan fingerprint density at radius 3 is 2.44 bits per heavy atom. The maximum atomic E-state index is 13.1. The van der Waals surface area contributed by atoms with Gasteiger partial charge in [0.2, 0.25) is 5.88 Å². The number of carboxylic acid groups (broad SMARTS) is 1. The number of ether oxygens (including phenoxy) is 1. The number of aromatic nitrogens is 2. The van der Waals surface area contributed by atoms with Crippen molar-refractivity contribution in [3.05, 3.63) is 34.0 Å². The molecule has 10 nitrogen and oxygen atoms in total. The van der Waals surface area contributed by atoms with Gasteiger partial charge in [-0.15, -0.1) is 0 Å². The third-order valence-electron chi connectivity index (χ3n) is 6.39. The van der Waals surface area contributed by atoms with Crippen LogP contribution in [0.3, 0.4) is 0 Å². The van der Waals surface area contributed by atoms with Gasteiger partial charge in [0.15, 0.2) is 9.92 Å². The molecule has 0 fully saturated rings. The summed E-state index contributed by atoms with van der Waals surface area (Å²) >= 11 is 0. The van der Waals surface area contributed by atoms with Gasteiger partial charge in [-0.05, 0) is 66.3 Å². The number of nitrogens with zero attached hydrogens (tertiary/aromatic N) is 2. The number of hydrogen-bond donors (Lipinski definition) is 4. The van der Waals surface area contributed by atoms with Crippen LogP contribution in [-0.2, 0) is 53.4 Å². The first-order chi connectivity index (χ1) is 15.3. The first-order valence-corrected chi connectivity index (χ1v) is 12.4. The molecule has 3 aliphatic rings. The number of benzene rings is 1. The molecule has 1 atom stereocenters. The van der Waals surface area contributed by atoms with Crippen molar-refractivity contribution in [3.8, 4) is 5.88 Å². The van der Waals surface area contributed by atoms with Gasteiger partial charge >= 0.3 is 12.0 Å². The predicted molar refractivity (Wildman–Crippen MR) is 115 cm³/mol. The highest BCUT2D eigenvalue weighted by molar-refractivity contribution is 7.91. The summed E-state index contributed by atoms with van der Waals surface area (Å²) in [6, 6.07) is -0.727. The van der Waals surface area contributed by atoms with Crippen molar-refractivity contribution in [1.29, 1.82) is 4.78 Å². The van der Waals surface area contributed by atoms with E-state index >= 15 is 0 Å². The van der Waals surface area contributed by atoms with Gasteiger partial charge in [0.05, 0.1) is 19.2 Å². The van der Waals surface area contributed by atoms with E-state index in [9.17, 15) is 18.9 Å². The van der Waals surface area contributed by atoms with Gasteiger partial charge in [0.1, 0.15) is 4.90 Å². The van der Waals surface area contributed by atoms with E-state index in [-0.39, 0.29) is 17.2 Å². The van der Waals surface area contributed by atoms with Crippen molar-refractivity contribution in [3.63, 3.8) is 0 Å². The van der Waals surface area contributed by atoms with Crippen molar-refractivity contribution in [1.82, 2.24) is 14.5 Å². The van der Waals surface area contributed by atoms with Crippen molar-refractivity contribution < 1.29 is 23.6 Å². The van der Waals surface area contributed by atoms with Crippen LogP contribution in [0, 0.1) is 4.78 Å². The highest BCUT2D eigenvalue weighted by Gasteiger charge is 2.31. The fraction of sp³-hybridized carbons (Fsp3) is 0.476. The molecule has 0 bridgehead atoms. The Bertz CT molecular complexity index is 1200. The molecule has 32 heavy (non-hydrogen) atoms. The van der Waals surface area contributed by atoms with Crippen LogP contribution in [0.25, 0.3) is 0 Å². The zero-order valence-electron chi connectivity index (χ0n) is 17.5. The smallest absolute Gasteiger partial charge is 0.331 e. The van der Waals surface area contributed by atoms with E-state index < -0.39 is 21.9 Å². The van der Waals surface area contributed by atoms with Gasteiger partial charge in [-0.2, -0.15) is 5.10 Å². The minimum atomic E-state index is -3.68. The number of nitrogens with one attached hydrogen (secondary N) is 3. The van der Waals surface area contributed by atoms with Crippen LogP contribution < -0.4 is 14.8 Å². The van der Waals surface area contributed by atoms with E-state index in [0.29, 0.717) is 18.8 Å². The molecule has 1 unspecified atom stereocenters. The van der Waals surface area contributed by atoms with Crippen molar-refractivity contribution >= 4 is 27.6 Å². The van der Waals surface area contributed by atoms with Gasteiger partial charge in [-0.25, -0.2) is 23.2 Å². The van der Waals surface area contributed by atoms with Crippen molar-refractivity contribution in [2.45, 2.75) is 62.8 Å². The number of anilines is 1. The summed E-state index contributed by atoms with van der Waals surface area (Å²) in [5, 5.41) is 16.4. The standard InChI is InChI=1S/C21H25N5O5S/c22-32(30,17-11-23-26-8-3-9-31-20(17)26)25-21(29)24-19-14-6-1-4-12(14)16(10-18(27)28)13-5-2-7-15(13)19/h11H,1-10H2,(H,27,28)(H3,22,24,25,29,30). The summed E-state index contributed by atoms with van der Waals surface area (Å²) in [5.41, 5.74) is 5.58. The van der Waals surface area contributed by atoms with Crippen LogP contribution in [0.2, 0.25) is 0 Å². The second-order valence-corrected chi connectivity index (χ2v) is 10.2. The minimum Gasteiger partial charge on any atom is -0.481 e. The van der Waals surface area contributed by atoms with Crippen LogP contribution in [0.5, 0.6) is 5.88 Å². The van der Waals surface area contributed by atoms with Crippen molar-refractivity contribution in [2.75, 3.05) is 11.9 Å². The molecular weight excluding hydrogens is 434 g/mol. The maximum Gasteiger partial charge on any atom is 0.331 e. The van der Waals surface area contributed by atoms with E-state index in [1.165, 1.54) is 6.20 Å². The molecule has 1 aliphatic heterocycles. The second-order valence-electron chi connectivity index (χ2n) is 8.40. The number of carboxylic acids is 1. The van der Waals surface area contributed by atoms with Crippen LogP contribution in [-0.4, -0.2) is 37.7 Å². The zero-order valence-corrected chi connectivity index (χ0v) is 18.3. The van der Waals surface area contributed by atoms with E-state index in [0.717, 1.165) is 72.8 Å². The average Bonchev–Trinajstić information content (AvgIpc) is 3.49. The zero-order chi connectivity index (χ0) is 22.5. The number of rotatable bonds is 5. The molecule has 2 aliphatic carbocycles. The van der Waals surface area contributed by atoms with Gasteiger partial charge in [0, 0.05) is 18.7 Å². The lowest BCUT2D eigenvalue weighted by molar-refractivity contribution is -0.136. The van der Waals surface area contributed by atoms with E-state index in [1.807, 2.05) is 0 Å². The molecule has 2 heterocycles. The number of fused-ring (bicyclic) bond motifs is 3. The largest absolute Gasteiger partial charge is 0.481 e. The summed E-state index contributed by atoms with van der Waals surface area (Å²) in [4.78, 5) is 24.4. The first-order valence-electron chi connectivity index (χ1n) is 10.8. The molecule has 11 heteroatoms. The predicted octanol–water partition coefficient (Wildman–Crippen LogP) is 2.41. The summed E-state index contributed by atoms with van der Waals surface area (Å²) in [7, 11) is -3.68. The molecule has 0 saturated carbocycles. The van der Waals surface area contributed by atoms with Crippen LogP contribution in [0.1, 0.15) is 47.1 Å². The average molecular weight is 460 g/mol. The molecular formula is C21H25N5O5S. The fourth-order valence-electron chi connectivity index (χ4n) is 5.15. The van der Waals surface area contributed by atoms with E-state index in [1.54, 1.807) is 4.68 Å². The van der Waals surface area contributed by atoms with E-state index in [4.69, 9.17) is 9.52 Å². The second kappa shape index (κ2) is 7.80. The molecule has 0 spiro atoms. The Balaban J connectivity index is 1.44. The molecule has 0 saturated heterocycles. The number of urea groups is 1. The number of carbonyl (C=O) groups excluding carboxylic acids is 1. The number of aryl methyl sites for hydroxylation is 1. The molecule has 2 aromatic rings. The SMILES string of the molecule is N=S(=O)(NC(=O)Nc1c2c(c(CC(=O)O)c3c1CCC3)CCC2)c1cnn2c1OCCC2. The quantitative estimate of drug-likeness (QED) is 0.540. The summed E-state index contributed by atoms with van der Waals surface area (Å²) in [5.74, 6) is -0.594. The van der Waals surface area contributed by atoms with Gasteiger partial charge < -0.3 is 15.2 Å². The van der Waals surface area contributed by atoms with Gasteiger partial charge in [-0.3, -0.25) is 4.79 Å². The first kappa shape index (κ1) is 20.8. The Morgan fingerprint density at radius 2 is 1.78 bits per heavy atom. The minimum absolute atomic E-state index is 0.00948. The third kappa shape index (κ3) is 3.50. The number of amides is 2. The van der Waals surface area contributed by atoms with Crippen LogP contribution >= 0.6 is 0 Å². The number of hydrogen-bond acceptors (Lipinski definition) is 6. The van der Waals surface area contributed by atoms with Crippen molar-refractivity contribution in [2.24, 2.45) is 0 Å². The number of aliphatic carboxylic acids is 1. The summed E-state index contributed by atoms with van der Waals surface area (Å²) < 4.78 is 30.7. The summed E-state index contributed by atoms with van der Waals surface area (Å²) in [6.45, 7) is 1.05.